The van der Waals surface area contributed by atoms with Gasteiger partial charge in [0.2, 0.25) is 5.91 Å². The number of anilines is 3. The second kappa shape index (κ2) is 37.2. The number of nitrogens with one attached hydrogen (secondary N) is 3. The van der Waals surface area contributed by atoms with Crippen LogP contribution in [0.4, 0.5) is 27.0 Å². The van der Waals surface area contributed by atoms with Crippen LogP contribution in [0.2, 0.25) is 25.2 Å². The fraction of sp³-hybridized carbons (Fsp3) is 0.615. The van der Waals surface area contributed by atoms with Crippen molar-refractivity contribution in [3.05, 3.63) is 74.3 Å². The van der Waals surface area contributed by atoms with Crippen molar-refractivity contribution in [2.24, 2.45) is 0 Å². The molecule has 4 aliphatic heterocycles. The van der Waals surface area contributed by atoms with Gasteiger partial charge in [-0.05, 0) is 75.3 Å². The van der Waals surface area contributed by atoms with E-state index in [2.05, 4.69) is 81.1 Å². The molecule has 4 aromatic heterocycles. The van der Waals surface area contributed by atoms with Gasteiger partial charge in [0.05, 0.1) is 57.5 Å². The summed E-state index contributed by atoms with van der Waals surface area (Å²) in [5, 5.41) is 42.6. The molecule has 30 heteroatoms. The lowest BCUT2D eigenvalue weighted by Crippen LogP contribution is -2.50. The van der Waals surface area contributed by atoms with Gasteiger partial charge in [-0.25, -0.2) is 9.59 Å². The number of hydrogen-bond acceptors (Lipinski definition) is 21. The van der Waals surface area contributed by atoms with Gasteiger partial charge in [-0.15, -0.1) is 32.0 Å². The van der Waals surface area contributed by atoms with E-state index in [1.807, 2.05) is 67.5 Å². The number of carbonyl (C=O) groups is 4. The van der Waals surface area contributed by atoms with Gasteiger partial charge in [0.15, 0.2) is 22.6 Å². The zero-order chi connectivity index (χ0) is 60.8. The third-order valence-electron chi connectivity index (χ3n) is 10.9. The quantitative estimate of drug-likeness (QED) is 0.0889. The first kappa shape index (κ1) is 71.1. The summed E-state index contributed by atoms with van der Waals surface area (Å²) in [5.74, 6) is 2.06. The molecule has 3 N–H and O–H groups in total. The number of nitrogens with zero attached hydrogens (tertiary/aromatic N) is 14. The zero-order valence-corrected chi connectivity index (χ0v) is 52.9. The Hall–Kier alpha value is -5.18. The van der Waals surface area contributed by atoms with Gasteiger partial charge in [0.1, 0.15) is 17.1 Å². The van der Waals surface area contributed by atoms with E-state index in [1.54, 1.807) is 35.9 Å². The topological polar surface area (TPSA) is 255 Å². The Morgan fingerprint density at radius 3 is 1.23 bits per heavy atom. The normalized spacial score (nSPS) is 15.5. The summed E-state index contributed by atoms with van der Waals surface area (Å²) in [6.45, 7) is 32.2. The molecular weight excluding hydrogens is 1190 g/mol. The van der Waals surface area contributed by atoms with Gasteiger partial charge >= 0.3 is 18.2 Å². The fourth-order valence-corrected chi connectivity index (χ4v) is 8.14. The standard InChI is InChI=1S/C13H20ClN5O.C13H19ClN4O2.C9H18N2O2.C8H11ClN4.C5H9ClO2.C4H2Cl2N2/c1-10(2)16-13(20)9-18-3-5-19(6-4-18)12-7-11(14)8-15-17-12;1-13(2,3)20-12(19)18-6-4-17(5-7-18)11-8-10(14)9-15-16-11;1-9(2,3)13-8(12)11-6-4-10-5-7-11;9-7-5-8(12-11-6-7)13-3-1-10-2-4-13;1-4(2)8-5(7)3-6;5-3-1-4(6)8-7-2-3/h7-8,10H,3-6,9H2,1-2H3,(H,16,20);8-9H,4-7H2,1-3H3;10H,4-7H2,1-3H3;5-6,10H,1-4H2;4H,3H2,1-2H3;1-2H. The van der Waals surface area contributed by atoms with Crippen molar-refractivity contribution in [3.8, 4) is 0 Å². The average Bonchev–Trinajstić information content (AvgIpc) is 3.48. The molecule has 456 valence electrons. The summed E-state index contributed by atoms with van der Waals surface area (Å²) in [5.41, 5.74) is -0.853. The highest BCUT2D eigenvalue weighted by atomic mass is 35.5. The van der Waals surface area contributed by atoms with Crippen LogP contribution in [-0.4, -0.2) is 220 Å². The monoisotopic (exact) mass is 1260 g/mol. The van der Waals surface area contributed by atoms with E-state index in [0.29, 0.717) is 58.0 Å². The molecule has 4 fully saturated rings. The van der Waals surface area contributed by atoms with Crippen LogP contribution in [0.1, 0.15) is 69.2 Å². The number of halogens is 6. The Labute approximate surface area is 511 Å². The molecule has 24 nitrogen and oxygen atoms in total. The molecule has 3 amide bonds. The number of aromatic nitrogens is 8. The summed E-state index contributed by atoms with van der Waals surface area (Å²) < 4.78 is 15.2. The zero-order valence-electron chi connectivity index (χ0n) is 48.4. The van der Waals surface area contributed by atoms with E-state index in [4.69, 9.17) is 79.1 Å². The average molecular weight is 1270 g/mol. The molecule has 4 saturated heterocycles. The Kier molecular flexibility index (Phi) is 32.2. The fourth-order valence-electron chi connectivity index (χ4n) is 7.29. The minimum absolute atomic E-state index is 0.0544. The third-order valence-corrected chi connectivity index (χ3v) is 12.1. The van der Waals surface area contributed by atoms with Gasteiger partial charge in [0.25, 0.3) is 0 Å². The largest absolute Gasteiger partial charge is 0.462 e. The molecule has 0 saturated carbocycles. The number of carbonyl (C=O) groups excluding carboxylic acids is 4. The smallest absolute Gasteiger partial charge is 0.410 e. The maximum Gasteiger partial charge on any atom is 0.410 e. The lowest BCUT2D eigenvalue weighted by Gasteiger charge is -2.35. The van der Waals surface area contributed by atoms with Gasteiger partial charge in [-0.1, -0.05) is 58.0 Å². The second-order valence-electron chi connectivity index (χ2n) is 21.0. The van der Waals surface area contributed by atoms with Crippen LogP contribution in [0, 0.1) is 0 Å². The second-order valence-corrected chi connectivity index (χ2v) is 23.4. The number of amides is 3. The van der Waals surface area contributed by atoms with Gasteiger partial charge in [-0.3, -0.25) is 14.5 Å². The molecule has 0 aliphatic carbocycles. The van der Waals surface area contributed by atoms with Crippen molar-refractivity contribution in [2.45, 2.75) is 92.6 Å². The first-order valence-electron chi connectivity index (χ1n) is 26.7. The van der Waals surface area contributed by atoms with E-state index in [9.17, 15) is 19.2 Å². The van der Waals surface area contributed by atoms with Crippen molar-refractivity contribution in [2.75, 3.05) is 132 Å². The predicted octanol–water partition coefficient (Wildman–Crippen LogP) is 7.29. The van der Waals surface area contributed by atoms with Crippen molar-refractivity contribution >= 4 is 111 Å². The van der Waals surface area contributed by atoms with Crippen molar-refractivity contribution < 1.29 is 33.4 Å². The Balaban J connectivity index is 0.000000267. The maximum absolute atomic E-state index is 11.9. The van der Waals surface area contributed by atoms with Crippen molar-refractivity contribution in [1.82, 2.24) is 71.4 Å². The molecule has 4 aromatic rings. The molecule has 82 heavy (non-hydrogen) atoms. The Morgan fingerprint density at radius 1 is 0.537 bits per heavy atom. The molecule has 8 rings (SSSR count). The first-order chi connectivity index (χ1) is 38.7. The van der Waals surface area contributed by atoms with Crippen molar-refractivity contribution in [1.29, 1.82) is 0 Å². The predicted molar refractivity (Wildman–Crippen MR) is 323 cm³/mol. The first-order valence-corrected chi connectivity index (χ1v) is 29.1. The van der Waals surface area contributed by atoms with E-state index in [1.165, 1.54) is 24.7 Å². The molecule has 8 heterocycles. The number of esters is 1. The Bertz CT molecular complexity index is 2510. The lowest BCUT2D eigenvalue weighted by molar-refractivity contribution is -0.144. The molecule has 0 aromatic carbocycles. The molecule has 0 radical (unpaired) electrons. The summed E-state index contributed by atoms with van der Waals surface area (Å²) >= 11 is 33.6. The van der Waals surface area contributed by atoms with Gasteiger partial charge in [-0.2, -0.15) is 20.4 Å². The molecule has 0 atom stereocenters. The minimum atomic E-state index is -0.466. The van der Waals surface area contributed by atoms with Crippen LogP contribution >= 0.6 is 69.6 Å². The highest BCUT2D eigenvalue weighted by Gasteiger charge is 2.27. The van der Waals surface area contributed by atoms with Crippen LogP contribution in [0.25, 0.3) is 0 Å². The molecule has 0 spiro atoms. The van der Waals surface area contributed by atoms with Gasteiger partial charge in [0, 0.05) is 129 Å². The maximum atomic E-state index is 11.9. The molecular formula is C52H79Cl6N17O7. The van der Waals surface area contributed by atoms with Crippen LogP contribution in [0.15, 0.2) is 49.1 Å². The summed E-state index contributed by atoms with van der Waals surface area (Å²) in [4.78, 5) is 57.4. The third kappa shape index (κ3) is 30.9. The SMILES string of the molecule is CC(C)(C)OC(=O)N1CCN(c2cc(Cl)cnn2)CC1.CC(C)(C)OC(=O)N1CCNCC1.CC(C)NC(=O)CN1CCN(c2cc(Cl)cnn2)CC1.CC(C)OC(=O)CCl.Clc1cnnc(Cl)c1.Clc1cnnc(N2CCNCC2)c1. The lowest BCUT2D eigenvalue weighted by atomic mass is 10.2. The molecule has 0 bridgehead atoms. The van der Waals surface area contributed by atoms with Crippen LogP contribution in [0.5, 0.6) is 0 Å². The minimum Gasteiger partial charge on any atom is -0.462 e. The number of hydrogen-bond donors (Lipinski definition) is 3. The molecule has 4 aliphatic rings. The van der Waals surface area contributed by atoms with E-state index in [0.717, 1.165) is 96.0 Å². The number of rotatable bonds is 8. The highest BCUT2D eigenvalue weighted by molar-refractivity contribution is 6.33. The van der Waals surface area contributed by atoms with E-state index in [-0.39, 0.29) is 47.7 Å². The van der Waals surface area contributed by atoms with E-state index < -0.39 is 5.60 Å². The Morgan fingerprint density at radius 2 is 0.902 bits per heavy atom. The summed E-state index contributed by atoms with van der Waals surface area (Å²) in [6, 6.07) is 7.15. The van der Waals surface area contributed by atoms with Crippen LogP contribution in [0.3, 0.4) is 0 Å². The van der Waals surface area contributed by atoms with E-state index >= 15 is 0 Å². The summed E-state index contributed by atoms with van der Waals surface area (Å²) in [7, 11) is 0. The number of piperazine rings is 4. The summed E-state index contributed by atoms with van der Waals surface area (Å²) in [6.07, 6.45) is 5.48. The number of alkyl halides is 1. The number of ether oxygens (including phenoxy) is 3. The van der Waals surface area contributed by atoms with Gasteiger partial charge < -0.3 is 54.7 Å². The van der Waals surface area contributed by atoms with Crippen LogP contribution < -0.4 is 30.7 Å². The van der Waals surface area contributed by atoms with Crippen molar-refractivity contribution in [3.63, 3.8) is 0 Å². The van der Waals surface area contributed by atoms with Crippen LogP contribution in [-0.2, 0) is 23.8 Å². The highest BCUT2D eigenvalue weighted by Crippen LogP contribution is 2.20. The molecule has 0 unspecified atom stereocenters.